The van der Waals surface area contributed by atoms with Gasteiger partial charge in [-0.1, -0.05) is 171 Å². The highest BCUT2D eigenvalue weighted by atomic mass is 15.2. The number of aryl methyl sites for hydroxylation is 6. The lowest BCUT2D eigenvalue weighted by Crippen LogP contribution is -2.28. The van der Waals surface area contributed by atoms with Gasteiger partial charge in [0.15, 0.2) is 0 Å². The summed E-state index contributed by atoms with van der Waals surface area (Å²) in [6.45, 7) is 22.8. The largest absolute Gasteiger partial charge is 0.330 e. The molecule has 340 valence electrons. The van der Waals surface area contributed by atoms with Crippen molar-refractivity contribution in [1.82, 2.24) is 0 Å². The molecule has 0 saturated heterocycles. The second-order valence-electron chi connectivity index (χ2n) is 20.8. The van der Waals surface area contributed by atoms with Crippen molar-refractivity contribution in [2.75, 3.05) is 9.80 Å². The summed E-state index contributed by atoms with van der Waals surface area (Å²) in [5.41, 5.74) is 27.2. The van der Waals surface area contributed by atoms with E-state index in [1.165, 1.54) is 128 Å². The molecule has 1 unspecified atom stereocenters. The van der Waals surface area contributed by atoms with Gasteiger partial charge in [0.05, 0.1) is 11.7 Å². The van der Waals surface area contributed by atoms with E-state index < -0.39 is 0 Å². The summed E-state index contributed by atoms with van der Waals surface area (Å²) in [7, 11) is 0. The standard InChI is InChI=1S/C66H66N2/c1-41(2)35-53-39-63(67(61-33-15-45(7)37-47(61)9)55-25-21-51(22-26-55)49-17-11-43(5)12-18-49)59-32-30-58-54(36-42(3)4)40-64(60-31-29-57(53)65(59)66(58)60)68(62-34-16-46(8)38-48(62)10)56-27-23-52(24-28-56)50-19-13-44(6)14-20-50/h11-31,33-34,37-42,64H,32,35-36H2,1-10H3. The van der Waals surface area contributed by atoms with Gasteiger partial charge in [0.2, 0.25) is 0 Å². The van der Waals surface area contributed by atoms with Crippen molar-refractivity contribution in [2.24, 2.45) is 11.8 Å². The number of allylic oxidation sites excluding steroid dienone is 3. The molecule has 68 heavy (non-hydrogen) atoms. The van der Waals surface area contributed by atoms with Gasteiger partial charge in [-0.05, 0) is 193 Å². The minimum absolute atomic E-state index is 0.0279. The Morgan fingerprint density at radius 2 is 0.985 bits per heavy atom. The molecule has 0 heterocycles. The normalized spacial score (nSPS) is 14.1. The van der Waals surface area contributed by atoms with Crippen LogP contribution in [0.2, 0.25) is 0 Å². The summed E-state index contributed by atoms with van der Waals surface area (Å²) in [5, 5.41) is 2.82. The van der Waals surface area contributed by atoms with E-state index in [9.17, 15) is 0 Å². The van der Waals surface area contributed by atoms with E-state index in [1.54, 1.807) is 0 Å². The van der Waals surface area contributed by atoms with Crippen LogP contribution in [0.5, 0.6) is 0 Å². The first-order chi connectivity index (χ1) is 32.8. The molecule has 0 bridgehead atoms. The van der Waals surface area contributed by atoms with E-state index >= 15 is 0 Å². The lowest BCUT2D eigenvalue weighted by molar-refractivity contribution is 0.644. The van der Waals surface area contributed by atoms with Crippen molar-refractivity contribution >= 4 is 44.8 Å². The first-order valence-corrected chi connectivity index (χ1v) is 24.9. The summed E-state index contributed by atoms with van der Waals surface area (Å²) in [6.07, 6.45) is 8.07. The molecule has 2 aliphatic rings. The van der Waals surface area contributed by atoms with Crippen LogP contribution in [0.25, 0.3) is 38.6 Å². The molecule has 1 atom stereocenters. The van der Waals surface area contributed by atoms with Crippen LogP contribution in [-0.4, -0.2) is 0 Å². The van der Waals surface area contributed by atoms with Crippen LogP contribution in [0, 0.1) is 53.4 Å². The maximum Gasteiger partial charge on any atom is 0.0787 e. The first kappa shape index (κ1) is 44.9. The zero-order chi connectivity index (χ0) is 47.4. The maximum absolute atomic E-state index is 2.63. The third-order valence-electron chi connectivity index (χ3n) is 14.3. The van der Waals surface area contributed by atoms with Gasteiger partial charge in [0.1, 0.15) is 0 Å². The molecular formula is C66H66N2. The summed E-state index contributed by atoms with van der Waals surface area (Å²) < 4.78 is 0. The van der Waals surface area contributed by atoms with Crippen LogP contribution in [0.4, 0.5) is 28.4 Å². The highest BCUT2D eigenvalue weighted by Crippen LogP contribution is 2.54. The third-order valence-corrected chi connectivity index (χ3v) is 14.3. The Kier molecular flexibility index (Phi) is 12.1. The lowest BCUT2D eigenvalue weighted by atomic mass is 9.73. The molecule has 2 nitrogen and oxygen atoms in total. The summed E-state index contributed by atoms with van der Waals surface area (Å²) in [6, 6.07) is 57.8. The second-order valence-corrected chi connectivity index (χ2v) is 20.8. The SMILES string of the molecule is Cc1ccc(-c2ccc(N(c3ccc(C)cc3C)c3cc(CC(C)C)c4ccc5c6c4c3CC=C6C(CC(C)C)=CC5N(c3ccc(-c4ccc(C)cc4)cc3)c3ccc(C)cc3C)cc2)cc1. The molecule has 2 heteroatoms. The first-order valence-electron chi connectivity index (χ1n) is 24.9. The van der Waals surface area contributed by atoms with Crippen molar-refractivity contribution in [3.8, 4) is 22.3 Å². The molecule has 0 aliphatic heterocycles. The number of rotatable bonds is 12. The fourth-order valence-corrected chi connectivity index (χ4v) is 11.1. The molecule has 0 radical (unpaired) electrons. The van der Waals surface area contributed by atoms with Crippen molar-refractivity contribution < 1.29 is 0 Å². The minimum Gasteiger partial charge on any atom is -0.330 e. The number of hydrogen-bond donors (Lipinski definition) is 0. The predicted molar refractivity (Wildman–Crippen MR) is 293 cm³/mol. The third kappa shape index (κ3) is 8.51. The van der Waals surface area contributed by atoms with Crippen LogP contribution in [0.3, 0.4) is 0 Å². The van der Waals surface area contributed by atoms with Gasteiger partial charge in [0.25, 0.3) is 0 Å². The lowest BCUT2D eigenvalue weighted by Gasteiger charge is -2.40. The average molecular weight is 887 g/mol. The molecule has 8 aromatic rings. The Hall–Kier alpha value is -6.90. The Bertz CT molecular complexity index is 3230. The molecule has 2 aliphatic carbocycles. The van der Waals surface area contributed by atoms with E-state index in [-0.39, 0.29) is 6.04 Å². The Labute approximate surface area is 406 Å². The van der Waals surface area contributed by atoms with Crippen LogP contribution in [0.15, 0.2) is 169 Å². The fraction of sp³-hybridized carbons (Fsp3) is 0.242. The predicted octanol–water partition coefficient (Wildman–Crippen LogP) is 18.5. The van der Waals surface area contributed by atoms with Gasteiger partial charge in [-0.15, -0.1) is 0 Å². The maximum atomic E-state index is 2.63. The van der Waals surface area contributed by atoms with Crippen molar-refractivity contribution in [3.05, 3.63) is 225 Å². The van der Waals surface area contributed by atoms with Gasteiger partial charge < -0.3 is 9.80 Å². The van der Waals surface area contributed by atoms with Crippen molar-refractivity contribution in [3.63, 3.8) is 0 Å². The molecule has 0 N–H and O–H groups in total. The van der Waals surface area contributed by atoms with Crippen LogP contribution < -0.4 is 9.80 Å². The molecule has 0 fully saturated rings. The van der Waals surface area contributed by atoms with Crippen LogP contribution in [-0.2, 0) is 12.8 Å². The number of benzene rings is 8. The molecule has 0 amide bonds. The highest BCUT2D eigenvalue weighted by Gasteiger charge is 2.35. The van der Waals surface area contributed by atoms with Gasteiger partial charge in [0, 0.05) is 22.7 Å². The van der Waals surface area contributed by atoms with Gasteiger partial charge >= 0.3 is 0 Å². The summed E-state index contributed by atoms with van der Waals surface area (Å²) in [5.74, 6) is 0.986. The van der Waals surface area contributed by atoms with E-state index in [0.29, 0.717) is 11.8 Å². The Balaban J connectivity index is 1.22. The number of anilines is 5. The van der Waals surface area contributed by atoms with Crippen LogP contribution in [0.1, 0.15) is 95.8 Å². The van der Waals surface area contributed by atoms with Crippen molar-refractivity contribution in [1.29, 1.82) is 0 Å². The molecule has 0 spiro atoms. The minimum atomic E-state index is -0.0279. The summed E-state index contributed by atoms with van der Waals surface area (Å²) in [4.78, 5) is 5.21. The molecule has 0 aromatic heterocycles. The zero-order valence-corrected chi connectivity index (χ0v) is 41.8. The number of nitrogens with zero attached hydrogens (tertiary/aromatic N) is 2. The number of hydrogen-bond acceptors (Lipinski definition) is 2. The van der Waals surface area contributed by atoms with Gasteiger partial charge in [-0.2, -0.15) is 0 Å². The van der Waals surface area contributed by atoms with E-state index in [2.05, 4.69) is 243 Å². The molecule has 8 aromatic carbocycles. The monoisotopic (exact) mass is 887 g/mol. The molecular weight excluding hydrogens is 821 g/mol. The summed E-state index contributed by atoms with van der Waals surface area (Å²) >= 11 is 0. The molecule has 10 rings (SSSR count). The smallest absolute Gasteiger partial charge is 0.0787 e. The fourth-order valence-electron chi connectivity index (χ4n) is 11.1. The average Bonchev–Trinajstić information content (AvgIpc) is 3.31. The van der Waals surface area contributed by atoms with Gasteiger partial charge in [-0.25, -0.2) is 0 Å². The molecule has 0 saturated carbocycles. The van der Waals surface area contributed by atoms with Gasteiger partial charge in [-0.3, -0.25) is 0 Å². The Morgan fingerprint density at radius 3 is 1.51 bits per heavy atom. The quantitative estimate of drug-likeness (QED) is 0.121. The highest BCUT2D eigenvalue weighted by molar-refractivity contribution is 6.08. The zero-order valence-electron chi connectivity index (χ0n) is 41.8. The second kappa shape index (κ2) is 18.3. The van der Waals surface area contributed by atoms with Crippen molar-refractivity contribution in [2.45, 2.75) is 94.5 Å². The van der Waals surface area contributed by atoms with E-state index in [0.717, 1.165) is 19.3 Å². The van der Waals surface area contributed by atoms with E-state index in [4.69, 9.17) is 0 Å². The topological polar surface area (TPSA) is 6.48 Å². The Morgan fingerprint density at radius 1 is 0.485 bits per heavy atom. The van der Waals surface area contributed by atoms with E-state index in [1.807, 2.05) is 0 Å². The van der Waals surface area contributed by atoms with Crippen LogP contribution >= 0.6 is 0 Å².